The highest BCUT2D eigenvalue weighted by atomic mass is 16.6. The number of nitrogens with one attached hydrogen (secondary N) is 1. The smallest absolute Gasteiger partial charge is 0.410 e. The van der Waals surface area contributed by atoms with Gasteiger partial charge in [0.2, 0.25) is 0 Å². The number of allylic oxidation sites excluding steroid dienone is 2. The highest BCUT2D eigenvalue weighted by Crippen LogP contribution is 2.52. The van der Waals surface area contributed by atoms with Gasteiger partial charge in [0.05, 0.1) is 0 Å². The van der Waals surface area contributed by atoms with E-state index in [9.17, 15) is 9.59 Å². The number of rotatable bonds is 3. The number of carbonyl (C=O) groups is 2. The number of anilines is 1. The first-order valence-corrected chi connectivity index (χ1v) is 15.7. The van der Waals surface area contributed by atoms with Gasteiger partial charge in [0.1, 0.15) is 5.60 Å². The summed E-state index contributed by atoms with van der Waals surface area (Å²) < 4.78 is 5.61. The number of nitrogens with zero attached hydrogens (tertiary/aromatic N) is 3. The number of pyridine rings is 1. The van der Waals surface area contributed by atoms with Crippen LogP contribution >= 0.6 is 0 Å². The molecule has 1 saturated heterocycles. The van der Waals surface area contributed by atoms with Crippen LogP contribution in [-0.2, 0) is 24.1 Å². The molecule has 2 aliphatic heterocycles. The molecule has 1 saturated carbocycles. The van der Waals surface area contributed by atoms with Gasteiger partial charge in [-0.3, -0.25) is 9.78 Å². The minimum Gasteiger partial charge on any atom is -0.444 e. The Morgan fingerprint density at radius 2 is 1.88 bits per heavy atom. The van der Waals surface area contributed by atoms with Crippen molar-refractivity contribution >= 4 is 17.7 Å². The molecule has 3 aliphatic rings. The lowest BCUT2D eigenvalue weighted by molar-refractivity contribution is -0.0119. The molecule has 2 fully saturated rings. The maximum Gasteiger partial charge on any atom is 0.410 e. The summed E-state index contributed by atoms with van der Waals surface area (Å²) in [5, 5.41) is 3.22. The van der Waals surface area contributed by atoms with Gasteiger partial charge in [-0.05, 0) is 127 Å². The van der Waals surface area contributed by atoms with E-state index in [4.69, 9.17) is 4.74 Å². The van der Waals surface area contributed by atoms with Gasteiger partial charge in [-0.15, -0.1) is 0 Å². The molecule has 2 aromatic rings. The number of hydrogen-bond donors (Lipinski definition) is 1. The highest BCUT2D eigenvalue weighted by molar-refractivity contribution is 5.97. The molecule has 1 spiro atoms. The van der Waals surface area contributed by atoms with Crippen molar-refractivity contribution in [3.8, 4) is 0 Å². The molecule has 1 aromatic carbocycles. The predicted molar refractivity (Wildman–Crippen MR) is 168 cm³/mol. The van der Waals surface area contributed by atoms with Gasteiger partial charge in [0.25, 0.3) is 5.91 Å². The molecule has 42 heavy (non-hydrogen) atoms. The number of likely N-dealkylation sites (tertiary alicyclic amines) is 1. The molecule has 7 nitrogen and oxygen atoms in total. The second-order valence-electron chi connectivity index (χ2n) is 13.5. The van der Waals surface area contributed by atoms with E-state index in [0.717, 1.165) is 92.7 Å². The van der Waals surface area contributed by atoms with E-state index >= 15 is 0 Å². The Kier molecular flexibility index (Phi) is 8.68. The first-order valence-electron chi connectivity index (χ1n) is 15.7. The van der Waals surface area contributed by atoms with E-state index in [1.165, 1.54) is 11.3 Å². The normalized spacial score (nSPS) is 19.9. The summed E-state index contributed by atoms with van der Waals surface area (Å²) in [5.41, 5.74) is 7.28. The Morgan fingerprint density at radius 3 is 2.57 bits per heavy atom. The lowest BCUT2D eigenvalue weighted by Gasteiger charge is -2.55. The summed E-state index contributed by atoms with van der Waals surface area (Å²) in [7, 11) is 0. The third-order valence-electron chi connectivity index (χ3n) is 9.35. The summed E-state index contributed by atoms with van der Waals surface area (Å²) in [6.45, 7) is 15.0. The Morgan fingerprint density at radius 1 is 1.14 bits per heavy atom. The van der Waals surface area contributed by atoms with E-state index < -0.39 is 5.60 Å². The number of carbonyl (C=O) groups excluding carboxylic acids is 2. The average molecular weight is 573 g/mol. The largest absolute Gasteiger partial charge is 0.444 e. The summed E-state index contributed by atoms with van der Waals surface area (Å²) in [6.07, 6.45) is 11.2. The first-order chi connectivity index (χ1) is 20.0. The van der Waals surface area contributed by atoms with Crippen molar-refractivity contribution < 1.29 is 14.3 Å². The van der Waals surface area contributed by atoms with E-state index in [1.54, 1.807) is 0 Å². The Balaban J connectivity index is 1.31. The minimum absolute atomic E-state index is 0.0256. The summed E-state index contributed by atoms with van der Waals surface area (Å²) in [5.74, 6) is -0.0256. The molecule has 1 N–H and O–H groups in total. The number of aromatic nitrogens is 1. The number of aryl methyl sites for hydroxylation is 3. The fourth-order valence-electron chi connectivity index (χ4n) is 7.18. The third kappa shape index (κ3) is 6.50. The van der Waals surface area contributed by atoms with Crippen LogP contribution in [0, 0.1) is 19.3 Å². The number of piperidine rings is 1. The maximum atomic E-state index is 13.6. The SMILES string of the molecule is CCN(c1cccc2c1C/C=C/CCc1cc(C)nc(C)c1CNC2=O)C1CC2(CCN(C(=O)OC(C)(C)C)CC2)C1. The Bertz CT molecular complexity index is 1340. The quantitative estimate of drug-likeness (QED) is 0.416. The number of ether oxygens (including phenoxy) is 1. The van der Waals surface area contributed by atoms with Crippen molar-refractivity contribution in [3.63, 3.8) is 0 Å². The zero-order chi connectivity index (χ0) is 30.1. The molecular weight excluding hydrogens is 524 g/mol. The molecular formula is C35H48N4O3. The van der Waals surface area contributed by atoms with Gasteiger partial charge < -0.3 is 19.9 Å². The van der Waals surface area contributed by atoms with Gasteiger partial charge in [-0.2, -0.15) is 0 Å². The second-order valence-corrected chi connectivity index (χ2v) is 13.5. The molecule has 0 unspecified atom stereocenters. The van der Waals surface area contributed by atoms with Crippen LogP contribution in [0.2, 0.25) is 0 Å². The zero-order valence-corrected chi connectivity index (χ0v) is 26.4. The van der Waals surface area contributed by atoms with Crippen LogP contribution in [0.25, 0.3) is 0 Å². The topological polar surface area (TPSA) is 74.8 Å². The lowest BCUT2D eigenvalue weighted by atomic mass is 9.60. The van der Waals surface area contributed by atoms with Gasteiger partial charge in [-0.1, -0.05) is 18.2 Å². The van der Waals surface area contributed by atoms with Crippen LogP contribution in [-0.4, -0.2) is 53.2 Å². The van der Waals surface area contributed by atoms with Crippen LogP contribution in [0.4, 0.5) is 10.5 Å². The molecule has 5 rings (SSSR count). The van der Waals surface area contributed by atoms with Crippen molar-refractivity contribution in [1.82, 2.24) is 15.2 Å². The summed E-state index contributed by atoms with van der Waals surface area (Å²) in [4.78, 5) is 35.3. The second kappa shape index (κ2) is 12.1. The monoisotopic (exact) mass is 572 g/mol. The molecule has 0 atom stereocenters. The molecule has 2 amide bonds. The molecule has 0 radical (unpaired) electrons. The maximum absolute atomic E-state index is 13.6. The van der Waals surface area contributed by atoms with Gasteiger partial charge in [0.15, 0.2) is 0 Å². The van der Waals surface area contributed by atoms with Crippen molar-refractivity contribution in [3.05, 3.63) is 70.1 Å². The number of hydrogen-bond acceptors (Lipinski definition) is 5. The molecule has 0 bridgehead atoms. The Hall–Kier alpha value is -3.35. The van der Waals surface area contributed by atoms with E-state index in [2.05, 4.69) is 46.4 Å². The van der Waals surface area contributed by atoms with Crippen LogP contribution in [0.1, 0.15) is 98.2 Å². The third-order valence-corrected chi connectivity index (χ3v) is 9.35. The van der Waals surface area contributed by atoms with E-state index in [0.29, 0.717) is 18.0 Å². The zero-order valence-electron chi connectivity index (χ0n) is 26.4. The van der Waals surface area contributed by atoms with Crippen LogP contribution < -0.4 is 10.2 Å². The standard InChI is InChI=1S/C35H48N4O3/c1-7-39(27-21-35(22-27)16-18-38(19-17-35)33(41)42-34(4,5)6)31-15-11-14-29-28(31)13-10-8-9-12-26-20-24(2)37-25(3)30(26)23-36-32(29)40/h8,10-11,14-15,20,27H,7,9,12-13,16-19,21-23H2,1-6H3,(H,36,40)/b10-8+. The summed E-state index contributed by atoms with van der Waals surface area (Å²) >= 11 is 0. The van der Waals surface area contributed by atoms with Crippen molar-refractivity contribution in [2.24, 2.45) is 5.41 Å². The average Bonchev–Trinajstić information content (AvgIpc) is 2.90. The van der Waals surface area contributed by atoms with Crippen LogP contribution in [0.5, 0.6) is 0 Å². The van der Waals surface area contributed by atoms with Crippen LogP contribution in [0.3, 0.4) is 0 Å². The fraction of sp³-hybridized carbons (Fsp3) is 0.571. The molecule has 226 valence electrons. The lowest BCUT2D eigenvalue weighted by Crippen LogP contribution is -2.56. The summed E-state index contributed by atoms with van der Waals surface area (Å²) in [6, 6.07) is 8.79. The molecule has 1 aromatic heterocycles. The Labute approximate surface area is 251 Å². The number of fused-ring (bicyclic) bond motifs is 2. The van der Waals surface area contributed by atoms with Crippen molar-refractivity contribution in [2.45, 2.75) is 105 Å². The van der Waals surface area contributed by atoms with E-state index in [1.807, 2.05) is 51.7 Å². The molecule has 7 heteroatoms. The number of benzene rings is 1. The number of amides is 2. The van der Waals surface area contributed by atoms with Crippen molar-refractivity contribution in [2.75, 3.05) is 24.5 Å². The van der Waals surface area contributed by atoms with Gasteiger partial charge in [0, 0.05) is 54.9 Å². The first kappa shape index (κ1) is 30.1. The predicted octanol–water partition coefficient (Wildman–Crippen LogP) is 6.68. The van der Waals surface area contributed by atoms with E-state index in [-0.39, 0.29) is 12.0 Å². The fourth-order valence-corrected chi connectivity index (χ4v) is 7.18. The van der Waals surface area contributed by atoms with Crippen LogP contribution in [0.15, 0.2) is 36.4 Å². The highest BCUT2D eigenvalue weighted by Gasteiger charge is 2.48. The molecule has 3 heterocycles. The van der Waals surface area contributed by atoms with Gasteiger partial charge >= 0.3 is 6.09 Å². The van der Waals surface area contributed by atoms with Gasteiger partial charge in [-0.25, -0.2) is 4.79 Å². The minimum atomic E-state index is -0.468. The van der Waals surface area contributed by atoms with Crippen molar-refractivity contribution in [1.29, 1.82) is 0 Å². The molecule has 1 aliphatic carbocycles.